The molecule has 8 heteroatoms. The Hall–Kier alpha value is -3.52. The highest BCUT2D eigenvalue weighted by Gasteiger charge is 2.38. The summed E-state index contributed by atoms with van der Waals surface area (Å²) in [7, 11) is 6.57. The maximum Gasteiger partial charge on any atom is 0.306 e. The molecule has 0 bridgehead atoms. The Kier molecular flexibility index (Phi) is 8.56. The van der Waals surface area contributed by atoms with Gasteiger partial charge in [0.25, 0.3) is 11.8 Å². The molecule has 0 saturated carbocycles. The first-order valence-electron chi connectivity index (χ1n) is 15.3. The van der Waals surface area contributed by atoms with Crippen LogP contribution >= 0.6 is 0 Å². The molecule has 224 valence electrons. The highest BCUT2D eigenvalue weighted by atomic mass is 16.5. The molecule has 0 radical (unpaired) electrons. The van der Waals surface area contributed by atoms with Crippen molar-refractivity contribution in [1.82, 2.24) is 9.47 Å². The number of ether oxygens (including phenoxy) is 1. The number of rotatable bonds is 13. The number of unbranched alkanes of at least 4 members (excludes halogenated alkanes) is 3. The van der Waals surface area contributed by atoms with E-state index in [4.69, 9.17) is 4.74 Å². The molecule has 1 saturated heterocycles. The smallest absolute Gasteiger partial charge is 0.306 e. The number of aryl methyl sites for hydroxylation is 2. The maximum absolute atomic E-state index is 13.4. The minimum Gasteiger partial charge on any atom is -0.465 e. The summed E-state index contributed by atoms with van der Waals surface area (Å²) in [5.74, 6) is -0.162. The summed E-state index contributed by atoms with van der Waals surface area (Å²) >= 11 is 0. The van der Waals surface area contributed by atoms with Crippen LogP contribution in [-0.4, -0.2) is 72.1 Å². The molecular weight excluding hydrogens is 528 g/mol. The van der Waals surface area contributed by atoms with Crippen molar-refractivity contribution in [3.8, 4) is 0 Å². The summed E-state index contributed by atoms with van der Waals surface area (Å²) in [6.07, 6.45) is 10.4. The molecule has 3 heterocycles. The van der Waals surface area contributed by atoms with Crippen molar-refractivity contribution in [3.05, 3.63) is 65.7 Å². The number of carbonyl (C=O) groups is 3. The van der Waals surface area contributed by atoms with Gasteiger partial charge >= 0.3 is 5.97 Å². The quantitative estimate of drug-likeness (QED) is 0.0989. The van der Waals surface area contributed by atoms with E-state index in [1.807, 2.05) is 36.4 Å². The van der Waals surface area contributed by atoms with Gasteiger partial charge in [-0.1, -0.05) is 38.1 Å². The van der Waals surface area contributed by atoms with Crippen molar-refractivity contribution in [1.29, 1.82) is 0 Å². The third-order valence-electron chi connectivity index (χ3n) is 8.75. The Morgan fingerprint density at radius 2 is 1.64 bits per heavy atom. The molecule has 2 aromatic carbocycles. The molecule has 5 rings (SSSR count). The Labute approximate surface area is 249 Å². The van der Waals surface area contributed by atoms with E-state index in [2.05, 4.69) is 56.6 Å². The van der Waals surface area contributed by atoms with E-state index < -0.39 is 0 Å². The zero-order valence-corrected chi connectivity index (χ0v) is 25.9. The van der Waals surface area contributed by atoms with E-state index in [0.29, 0.717) is 36.6 Å². The lowest BCUT2D eigenvalue weighted by atomic mass is 9.88. The van der Waals surface area contributed by atoms with Gasteiger partial charge in [-0.05, 0) is 43.2 Å². The number of esters is 1. The molecular formula is C34H46N4O4+2. The molecule has 42 heavy (non-hydrogen) atoms. The topological polar surface area (TPSA) is 72.5 Å². The molecule has 1 atom stereocenters. The number of hydrogen-bond donors (Lipinski definition) is 0. The third kappa shape index (κ3) is 6.75. The maximum atomic E-state index is 13.4. The van der Waals surface area contributed by atoms with Crippen molar-refractivity contribution in [2.45, 2.75) is 58.9 Å². The number of carbonyl (C=O) groups excluding carboxylic acids is 3. The summed E-state index contributed by atoms with van der Waals surface area (Å²) < 4.78 is 10.4. The highest BCUT2D eigenvalue weighted by Crippen LogP contribution is 2.32. The minimum absolute atomic E-state index is 0.0798. The lowest BCUT2D eigenvalue weighted by Gasteiger charge is -2.40. The van der Waals surface area contributed by atoms with Crippen LogP contribution in [0.1, 0.15) is 72.4 Å². The van der Waals surface area contributed by atoms with Gasteiger partial charge in [0.1, 0.15) is 11.9 Å². The molecule has 1 aromatic heterocycles. The first-order valence-corrected chi connectivity index (χ1v) is 15.3. The van der Waals surface area contributed by atoms with Crippen LogP contribution in [0.4, 0.5) is 0 Å². The fraction of sp³-hybridized carbons (Fsp3) is 0.529. The molecule has 2 aliphatic heterocycles. The summed E-state index contributed by atoms with van der Waals surface area (Å²) in [6, 6.07) is 11.4. The van der Waals surface area contributed by atoms with Gasteiger partial charge in [-0.25, -0.2) is 9.13 Å². The molecule has 2 aliphatic rings. The van der Waals surface area contributed by atoms with Crippen molar-refractivity contribution in [2.75, 3.05) is 40.3 Å². The normalized spacial score (nSPS) is 17.4. The summed E-state index contributed by atoms with van der Waals surface area (Å²) in [6.45, 7) is 8.19. The van der Waals surface area contributed by atoms with Crippen molar-refractivity contribution in [2.24, 2.45) is 18.4 Å². The Balaban J connectivity index is 1.07. The van der Waals surface area contributed by atoms with Crippen LogP contribution in [0.3, 0.4) is 0 Å². The van der Waals surface area contributed by atoms with Gasteiger partial charge in [0, 0.05) is 40.8 Å². The molecule has 1 fully saturated rings. The number of nitrogens with zero attached hydrogens (tertiary/aromatic N) is 4. The fourth-order valence-electron chi connectivity index (χ4n) is 7.05. The zero-order chi connectivity index (χ0) is 30.1. The van der Waals surface area contributed by atoms with Crippen LogP contribution in [0.25, 0.3) is 10.8 Å². The molecule has 2 amide bonds. The number of hydrogen-bond acceptors (Lipinski definition) is 4. The van der Waals surface area contributed by atoms with Gasteiger partial charge < -0.3 is 9.22 Å². The van der Waals surface area contributed by atoms with Crippen molar-refractivity contribution < 1.29 is 28.2 Å². The third-order valence-corrected chi connectivity index (χ3v) is 8.75. The van der Waals surface area contributed by atoms with Crippen molar-refractivity contribution >= 4 is 28.6 Å². The second kappa shape index (κ2) is 12.0. The molecule has 3 aromatic rings. The standard InChI is InChI=1S/C34H46N4O4/c1-34(2,22-37-32(40)28-14-10-12-26-13-11-15-29(31(26)28)33(37)41)23-38(4,5)17-9-7-6-8-16-36-20-27(35(3)24-36)18-25-19-30(39)42-21-25/h10-15,20,24-25H,6-9,16-19,21-23H2,1-5H3/q+2. The lowest BCUT2D eigenvalue weighted by molar-refractivity contribution is -0.896. The second-order valence-electron chi connectivity index (χ2n) is 13.8. The van der Waals surface area contributed by atoms with E-state index in [9.17, 15) is 14.4 Å². The first-order chi connectivity index (χ1) is 19.9. The molecule has 0 N–H and O–H groups in total. The van der Waals surface area contributed by atoms with E-state index in [1.165, 1.54) is 23.4 Å². The average molecular weight is 575 g/mol. The van der Waals surface area contributed by atoms with Gasteiger partial charge in [-0.3, -0.25) is 19.3 Å². The van der Waals surface area contributed by atoms with Gasteiger partial charge in [0.2, 0.25) is 6.33 Å². The van der Waals surface area contributed by atoms with Crippen LogP contribution in [0.2, 0.25) is 0 Å². The van der Waals surface area contributed by atoms with Crippen LogP contribution < -0.4 is 4.57 Å². The SMILES string of the molecule is Cn1c[n+](CCCCCC[N+](C)(C)CC(C)(C)CN2C(=O)c3cccc4cccc(c34)C2=O)cc1CC1COC(=O)C1. The molecule has 1 unspecified atom stereocenters. The fourth-order valence-corrected chi connectivity index (χ4v) is 7.05. The van der Waals surface area contributed by atoms with Crippen molar-refractivity contribution in [3.63, 3.8) is 0 Å². The van der Waals surface area contributed by atoms with Gasteiger partial charge in [0.05, 0.1) is 53.8 Å². The molecule has 0 spiro atoms. The predicted molar refractivity (Wildman–Crippen MR) is 162 cm³/mol. The summed E-state index contributed by atoms with van der Waals surface area (Å²) in [5.41, 5.74) is 2.26. The van der Waals surface area contributed by atoms with Crippen LogP contribution in [-0.2, 0) is 29.5 Å². The van der Waals surface area contributed by atoms with Crippen LogP contribution in [0.5, 0.6) is 0 Å². The number of imide groups is 1. The van der Waals surface area contributed by atoms with Gasteiger partial charge in [-0.15, -0.1) is 0 Å². The highest BCUT2D eigenvalue weighted by molar-refractivity contribution is 6.25. The van der Waals surface area contributed by atoms with E-state index in [-0.39, 0.29) is 23.2 Å². The van der Waals surface area contributed by atoms with Crippen LogP contribution in [0.15, 0.2) is 48.9 Å². The number of benzene rings is 2. The van der Waals surface area contributed by atoms with E-state index in [0.717, 1.165) is 54.2 Å². The van der Waals surface area contributed by atoms with Crippen LogP contribution in [0, 0.1) is 11.3 Å². The number of cyclic esters (lactones) is 1. The van der Waals surface area contributed by atoms with E-state index >= 15 is 0 Å². The Bertz CT molecular complexity index is 1440. The number of imidazole rings is 1. The Morgan fingerprint density at radius 3 is 2.29 bits per heavy atom. The van der Waals surface area contributed by atoms with E-state index in [1.54, 1.807) is 0 Å². The predicted octanol–water partition coefficient (Wildman–Crippen LogP) is 4.53. The van der Waals surface area contributed by atoms with Gasteiger partial charge in [-0.2, -0.15) is 0 Å². The monoisotopic (exact) mass is 574 g/mol. The Morgan fingerprint density at radius 1 is 0.976 bits per heavy atom. The minimum atomic E-state index is -0.228. The number of aromatic nitrogens is 2. The second-order valence-corrected chi connectivity index (χ2v) is 13.8. The zero-order valence-electron chi connectivity index (χ0n) is 25.9. The number of amides is 2. The molecule has 0 aliphatic carbocycles. The first kappa shape index (κ1) is 30.0. The molecule has 8 nitrogen and oxygen atoms in total. The summed E-state index contributed by atoms with van der Waals surface area (Å²) in [4.78, 5) is 39.7. The van der Waals surface area contributed by atoms with Gasteiger partial charge in [0.15, 0.2) is 0 Å². The average Bonchev–Trinajstić information content (AvgIpc) is 3.50. The largest absolute Gasteiger partial charge is 0.465 e. The lowest BCUT2D eigenvalue weighted by Crippen LogP contribution is -2.52. The number of quaternary nitrogens is 1. The summed E-state index contributed by atoms with van der Waals surface area (Å²) in [5, 5.41) is 1.72.